The van der Waals surface area contributed by atoms with Crippen molar-refractivity contribution in [2.45, 2.75) is 13.0 Å². The molecule has 1 N–H and O–H groups in total. The normalized spacial score (nSPS) is 25.5. The molecule has 3 nitrogen and oxygen atoms in total. The smallest absolute Gasteiger partial charge is 0.228 e. The fourth-order valence-corrected chi connectivity index (χ4v) is 2.53. The van der Waals surface area contributed by atoms with Gasteiger partial charge in [0.2, 0.25) is 5.91 Å². The number of nitrogens with zero attached hydrogens (tertiary/aromatic N) is 1. The Labute approximate surface area is 106 Å². The standard InChI is InChI=1S/C14H18FNO2/c1-10(11-5-3-2-4-6-11)16-8-12(7-15)13(9-17)14(16)18/h2-6,10,12-13,17H,7-9H2,1H3/t10-,12+,13-/m0/s1. The van der Waals surface area contributed by atoms with E-state index in [1.54, 1.807) is 4.90 Å². The van der Waals surface area contributed by atoms with Crippen molar-refractivity contribution in [2.75, 3.05) is 19.8 Å². The minimum atomic E-state index is -0.582. The summed E-state index contributed by atoms with van der Waals surface area (Å²) >= 11 is 0. The molecule has 1 fully saturated rings. The van der Waals surface area contributed by atoms with Crippen LogP contribution in [-0.2, 0) is 4.79 Å². The number of amides is 1. The van der Waals surface area contributed by atoms with E-state index >= 15 is 0 Å². The first-order chi connectivity index (χ1) is 8.69. The predicted octanol–water partition coefficient (Wildman–Crippen LogP) is 1.78. The molecule has 0 bridgehead atoms. The van der Waals surface area contributed by atoms with Crippen molar-refractivity contribution < 1.29 is 14.3 Å². The van der Waals surface area contributed by atoms with Crippen LogP contribution in [0.15, 0.2) is 30.3 Å². The van der Waals surface area contributed by atoms with E-state index in [0.29, 0.717) is 6.54 Å². The molecule has 1 heterocycles. The van der Waals surface area contributed by atoms with E-state index < -0.39 is 12.6 Å². The maximum Gasteiger partial charge on any atom is 0.228 e. The summed E-state index contributed by atoms with van der Waals surface area (Å²) in [6.45, 7) is 1.49. The minimum absolute atomic E-state index is 0.0794. The van der Waals surface area contributed by atoms with Crippen LogP contribution in [0.25, 0.3) is 0 Å². The van der Waals surface area contributed by atoms with Gasteiger partial charge in [0.25, 0.3) is 0 Å². The van der Waals surface area contributed by atoms with Gasteiger partial charge in [0.05, 0.1) is 25.2 Å². The van der Waals surface area contributed by atoms with E-state index in [9.17, 15) is 14.3 Å². The highest BCUT2D eigenvalue weighted by Crippen LogP contribution is 2.32. The predicted molar refractivity (Wildman–Crippen MR) is 66.6 cm³/mol. The van der Waals surface area contributed by atoms with Gasteiger partial charge in [0.1, 0.15) is 0 Å². The van der Waals surface area contributed by atoms with Gasteiger partial charge in [-0.25, -0.2) is 0 Å². The van der Waals surface area contributed by atoms with Crippen LogP contribution in [0.3, 0.4) is 0 Å². The van der Waals surface area contributed by atoms with Crippen LogP contribution in [0.2, 0.25) is 0 Å². The Morgan fingerprint density at radius 2 is 2.11 bits per heavy atom. The van der Waals surface area contributed by atoms with Gasteiger partial charge in [-0.05, 0) is 12.5 Å². The molecule has 0 aliphatic carbocycles. The minimum Gasteiger partial charge on any atom is -0.396 e. The third-order valence-electron chi connectivity index (χ3n) is 3.74. The summed E-state index contributed by atoms with van der Waals surface area (Å²) in [7, 11) is 0. The van der Waals surface area contributed by atoms with Crippen LogP contribution in [0.1, 0.15) is 18.5 Å². The Kier molecular flexibility index (Phi) is 3.97. The number of aliphatic hydroxyl groups excluding tert-OH is 1. The van der Waals surface area contributed by atoms with Crippen LogP contribution in [0.4, 0.5) is 4.39 Å². The number of benzene rings is 1. The van der Waals surface area contributed by atoms with Gasteiger partial charge in [-0.3, -0.25) is 9.18 Å². The van der Waals surface area contributed by atoms with E-state index in [1.807, 2.05) is 37.3 Å². The Bertz CT molecular complexity index is 410. The quantitative estimate of drug-likeness (QED) is 0.886. The van der Waals surface area contributed by atoms with E-state index in [4.69, 9.17) is 0 Å². The van der Waals surface area contributed by atoms with Crippen molar-refractivity contribution >= 4 is 5.91 Å². The zero-order valence-corrected chi connectivity index (χ0v) is 10.4. The monoisotopic (exact) mass is 251 g/mol. The zero-order valence-electron chi connectivity index (χ0n) is 10.4. The second-order valence-corrected chi connectivity index (χ2v) is 4.78. The molecule has 98 valence electrons. The maximum absolute atomic E-state index is 12.9. The molecule has 0 spiro atoms. The van der Waals surface area contributed by atoms with Crippen molar-refractivity contribution in [3.8, 4) is 0 Å². The summed E-state index contributed by atoms with van der Waals surface area (Å²) in [5.41, 5.74) is 1.03. The molecule has 2 rings (SSSR count). The number of hydrogen-bond donors (Lipinski definition) is 1. The van der Waals surface area contributed by atoms with E-state index in [2.05, 4.69) is 0 Å². The topological polar surface area (TPSA) is 40.5 Å². The number of carbonyl (C=O) groups is 1. The number of hydrogen-bond acceptors (Lipinski definition) is 2. The summed E-state index contributed by atoms with van der Waals surface area (Å²) in [4.78, 5) is 13.8. The Morgan fingerprint density at radius 3 is 2.61 bits per heavy atom. The summed E-state index contributed by atoms with van der Waals surface area (Å²) < 4.78 is 12.9. The van der Waals surface area contributed by atoms with Gasteiger partial charge >= 0.3 is 0 Å². The molecule has 0 saturated carbocycles. The molecule has 18 heavy (non-hydrogen) atoms. The van der Waals surface area contributed by atoms with Crippen molar-refractivity contribution in [1.29, 1.82) is 0 Å². The maximum atomic E-state index is 12.9. The highest BCUT2D eigenvalue weighted by atomic mass is 19.1. The summed E-state index contributed by atoms with van der Waals surface area (Å²) in [5.74, 6) is -1.11. The van der Waals surface area contributed by atoms with E-state index in [1.165, 1.54) is 0 Å². The van der Waals surface area contributed by atoms with Crippen molar-refractivity contribution in [3.05, 3.63) is 35.9 Å². The van der Waals surface area contributed by atoms with Crippen LogP contribution in [0.5, 0.6) is 0 Å². The van der Waals surface area contributed by atoms with Crippen molar-refractivity contribution in [1.82, 2.24) is 4.90 Å². The fraction of sp³-hybridized carbons (Fsp3) is 0.500. The molecule has 1 amide bonds. The summed E-state index contributed by atoms with van der Waals surface area (Å²) in [6, 6.07) is 9.58. The lowest BCUT2D eigenvalue weighted by Gasteiger charge is -2.25. The average Bonchev–Trinajstić information content (AvgIpc) is 2.75. The lowest BCUT2D eigenvalue weighted by molar-refractivity contribution is -0.134. The zero-order chi connectivity index (χ0) is 13.1. The molecule has 1 saturated heterocycles. The molecular formula is C14H18FNO2. The fourth-order valence-electron chi connectivity index (χ4n) is 2.53. The second-order valence-electron chi connectivity index (χ2n) is 4.78. The molecular weight excluding hydrogens is 233 g/mol. The molecule has 1 aromatic rings. The van der Waals surface area contributed by atoms with Gasteiger partial charge < -0.3 is 10.0 Å². The van der Waals surface area contributed by atoms with Crippen molar-refractivity contribution in [2.24, 2.45) is 11.8 Å². The van der Waals surface area contributed by atoms with E-state index in [0.717, 1.165) is 5.56 Å². The number of aliphatic hydroxyl groups is 1. The van der Waals surface area contributed by atoms with Crippen molar-refractivity contribution in [3.63, 3.8) is 0 Å². The Hall–Kier alpha value is -1.42. The van der Waals surface area contributed by atoms with Crippen LogP contribution in [-0.4, -0.2) is 35.7 Å². The van der Waals surface area contributed by atoms with Crippen LogP contribution in [0, 0.1) is 11.8 Å². The Balaban J connectivity index is 2.17. The number of halogens is 1. The third-order valence-corrected chi connectivity index (χ3v) is 3.74. The van der Waals surface area contributed by atoms with Crippen LogP contribution >= 0.6 is 0 Å². The molecule has 0 aromatic heterocycles. The number of carbonyl (C=O) groups excluding carboxylic acids is 1. The van der Waals surface area contributed by atoms with Gasteiger partial charge in [-0.1, -0.05) is 30.3 Å². The van der Waals surface area contributed by atoms with E-state index in [-0.39, 0.29) is 24.5 Å². The molecule has 1 aliphatic rings. The highest BCUT2D eigenvalue weighted by molar-refractivity contribution is 5.82. The number of likely N-dealkylation sites (tertiary alicyclic amines) is 1. The largest absolute Gasteiger partial charge is 0.396 e. The molecule has 0 unspecified atom stereocenters. The van der Waals surface area contributed by atoms with Crippen LogP contribution < -0.4 is 0 Å². The first-order valence-electron chi connectivity index (χ1n) is 6.21. The number of rotatable bonds is 4. The molecule has 1 aromatic carbocycles. The SMILES string of the molecule is C[C@@H](c1ccccc1)N1C[C@@H](CF)[C@H](CO)C1=O. The molecule has 0 radical (unpaired) electrons. The lowest BCUT2D eigenvalue weighted by Crippen LogP contribution is -2.31. The molecule has 3 atom stereocenters. The Morgan fingerprint density at radius 1 is 1.44 bits per heavy atom. The molecule has 1 aliphatic heterocycles. The first-order valence-corrected chi connectivity index (χ1v) is 6.21. The second kappa shape index (κ2) is 5.48. The highest BCUT2D eigenvalue weighted by Gasteiger charge is 2.41. The number of alkyl halides is 1. The van der Waals surface area contributed by atoms with Gasteiger partial charge in [-0.2, -0.15) is 0 Å². The average molecular weight is 251 g/mol. The van der Waals surface area contributed by atoms with Gasteiger partial charge in [0, 0.05) is 12.5 Å². The van der Waals surface area contributed by atoms with Gasteiger partial charge in [0.15, 0.2) is 0 Å². The first kappa shape index (κ1) is 13.0. The summed E-state index contributed by atoms with van der Waals surface area (Å²) in [5, 5.41) is 9.19. The van der Waals surface area contributed by atoms with Gasteiger partial charge in [-0.15, -0.1) is 0 Å². The molecule has 4 heteroatoms. The lowest BCUT2D eigenvalue weighted by atomic mass is 9.98. The third kappa shape index (κ3) is 2.25. The summed E-state index contributed by atoms with van der Waals surface area (Å²) in [6.07, 6.45) is 0.